The molecule has 1 heterocycles. The third-order valence-corrected chi connectivity index (χ3v) is 4.18. The third kappa shape index (κ3) is 2.95. The van der Waals surface area contributed by atoms with E-state index in [-0.39, 0.29) is 0 Å². The highest BCUT2D eigenvalue weighted by Gasteiger charge is 2.20. The minimum absolute atomic E-state index is 0.631. The number of hydrogen-bond acceptors (Lipinski definition) is 1. The van der Waals surface area contributed by atoms with E-state index in [2.05, 4.69) is 51.2 Å². The van der Waals surface area contributed by atoms with Gasteiger partial charge in [-0.1, -0.05) is 45.9 Å². The summed E-state index contributed by atoms with van der Waals surface area (Å²) in [6, 6.07) is 7.18. The summed E-state index contributed by atoms with van der Waals surface area (Å²) in [5.74, 6) is 2.03. The summed E-state index contributed by atoms with van der Waals surface area (Å²) in [7, 11) is 0. The fourth-order valence-corrected chi connectivity index (χ4v) is 2.96. The van der Waals surface area contributed by atoms with Gasteiger partial charge in [-0.25, -0.2) is 0 Å². The summed E-state index contributed by atoms with van der Waals surface area (Å²) >= 11 is 0. The Labute approximate surface area is 112 Å². The van der Waals surface area contributed by atoms with E-state index in [1.54, 1.807) is 11.1 Å². The van der Waals surface area contributed by atoms with Crippen LogP contribution in [0.4, 0.5) is 0 Å². The highest BCUT2D eigenvalue weighted by atomic mass is 14.9. The van der Waals surface area contributed by atoms with Gasteiger partial charge in [0.15, 0.2) is 0 Å². The zero-order chi connectivity index (χ0) is 13.1. The molecule has 0 unspecified atom stereocenters. The van der Waals surface area contributed by atoms with Gasteiger partial charge in [-0.2, -0.15) is 0 Å². The van der Waals surface area contributed by atoms with Crippen molar-refractivity contribution in [1.29, 1.82) is 0 Å². The zero-order valence-electron chi connectivity index (χ0n) is 12.3. The van der Waals surface area contributed by atoms with Crippen LogP contribution < -0.4 is 5.32 Å². The Morgan fingerprint density at radius 3 is 2.22 bits per heavy atom. The molecule has 2 rings (SSSR count). The molecule has 1 aromatic carbocycles. The average Bonchev–Trinajstić information content (AvgIpc) is 2.39. The number of hydrogen-bond donors (Lipinski definition) is 1. The smallest absolute Gasteiger partial charge is 0.00431 e. The SMILES string of the molecule is CC(C)c1ccc(C(C)C)c(C2CCNCC2)c1. The van der Waals surface area contributed by atoms with Crippen molar-refractivity contribution in [2.45, 2.75) is 58.3 Å². The van der Waals surface area contributed by atoms with Gasteiger partial charge >= 0.3 is 0 Å². The van der Waals surface area contributed by atoms with Crippen LogP contribution in [-0.2, 0) is 0 Å². The molecule has 0 amide bonds. The lowest BCUT2D eigenvalue weighted by Crippen LogP contribution is -2.27. The molecule has 1 N–H and O–H groups in total. The second kappa shape index (κ2) is 5.88. The lowest BCUT2D eigenvalue weighted by Gasteiger charge is -2.27. The highest BCUT2D eigenvalue weighted by molar-refractivity contribution is 5.38. The molecule has 1 fully saturated rings. The summed E-state index contributed by atoms with van der Waals surface area (Å²) in [5, 5.41) is 3.47. The van der Waals surface area contributed by atoms with Crippen LogP contribution in [0.2, 0.25) is 0 Å². The van der Waals surface area contributed by atoms with Crippen molar-refractivity contribution in [3.05, 3.63) is 34.9 Å². The summed E-state index contributed by atoms with van der Waals surface area (Å²) in [6.07, 6.45) is 2.59. The quantitative estimate of drug-likeness (QED) is 0.832. The standard InChI is InChI=1S/C17H27N/c1-12(2)15-5-6-16(13(3)4)17(11-15)14-7-9-18-10-8-14/h5-6,11-14,18H,7-10H2,1-4H3. The van der Waals surface area contributed by atoms with Crippen molar-refractivity contribution >= 4 is 0 Å². The first-order chi connectivity index (χ1) is 8.59. The Bertz CT molecular complexity index is 387. The third-order valence-electron chi connectivity index (χ3n) is 4.18. The largest absolute Gasteiger partial charge is 0.317 e. The van der Waals surface area contributed by atoms with Gasteiger partial charge < -0.3 is 5.32 Å². The van der Waals surface area contributed by atoms with Crippen molar-refractivity contribution in [3.63, 3.8) is 0 Å². The normalized spacial score (nSPS) is 17.7. The second-order valence-electron chi connectivity index (χ2n) is 6.22. The monoisotopic (exact) mass is 245 g/mol. The van der Waals surface area contributed by atoms with Crippen molar-refractivity contribution < 1.29 is 0 Å². The maximum atomic E-state index is 3.47. The summed E-state index contributed by atoms with van der Waals surface area (Å²) in [6.45, 7) is 11.6. The van der Waals surface area contributed by atoms with Gasteiger partial charge in [0, 0.05) is 0 Å². The maximum absolute atomic E-state index is 3.47. The predicted molar refractivity (Wildman–Crippen MR) is 79.5 cm³/mol. The maximum Gasteiger partial charge on any atom is -0.00431 e. The molecule has 1 aliphatic heterocycles. The first-order valence-electron chi connectivity index (χ1n) is 7.44. The molecule has 0 saturated carbocycles. The van der Waals surface area contributed by atoms with Crippen LogP contribution in [0.1, 0.15) is 75.0 Å². The first-order valence-corrected chi connectivity index (χ1v) is 7.44. The molecule has 0 aromatic heterocycles. The van der Waals surface area contributed by atoms with Crippen LogP contribution >= 0.6 is 0 Å². The Morgan fingerprint density at radius 2 is 1.67 bits per heavy atom. The predicted octanol–water partition coefficient (Wildman–Crippen LogP) is 4.40. The summed E-state index contributed by atoms with van der Waals surface area (Å²) < 4.78 is 0. The van der Waals surface area contributed by atoms with E-state index in [4.69, 9.17) is 0 Å². The van der Waals surface area contributed by atoms with Crippen LogP contribution in [0, 0.1) is 0 Å². The molecule has 1 heteroatoms. The Balaban J connectivity index is 2.36. The van der Waals surface area contributed by atoms with E-state index in [1.807, 2.05) is 0 Å². The van der Waals surface area contributed by atoms with E-state index in [1.165, 1.54) is 31.5 Å². The summed E-state index contributed by atoms with van der Waals surface area (Å²) in [4.78, 5) is 0. The van der Waals surface area contributed by atoms with Crippen LogP contribution in [0.3, 0.4) is 0 Å². The lowest BCUT2D eigenvalue weighted by atomic mass is 9.82. The van der Waals surface area contributed by atoms with Crippen LogP contribution in [0.25, 0.3) is 0 Å². The average molecular weight is 245 g/mol. The zero-order valence-corrected chi connectivity index (χ0v) is 12.3. The van der Waals surface area contributed by atoms with Gasteiger partial charge in [0.25, 0.3) is 0 Å². The summed E-state index contributed by atoms with van der Waals surface area (Å²) in [5.41, 5.74) is 4.68. The molecule has 1 aromatic rings. The first kappa shape index (κ1) is 13.6. The lowest BCUT2D eigenvalue weighted by molar-refractivity contribution is 0.457. The van der Waals surface area contributed by atoms with Crippen molar-refractivity contribution in [1.82, 2.24) is 5.32 Å². The van der Waals surface area contributed by atoms with Gasteiger partial charge in [0.05, 0.1) is 0 Å². The number of piperidine rings is 1. The molecule has 0 spiro atoms. The number of rotatable bonds is 3. The van der Waals surface area contributed by atoms with E-state index < -0.39 is 0 Å². The molecule has 0 aliphatic carbocycles. The Hall–Kier alpha value is -0.820. The molecule has 0 atom stereocenters. The van der Waals surface area contributed by atoms with Crippen molar-refractivity contribution in [3.8, 4) is 0 Å². The minimum Gasteiger partial charge on any atom is -0.317 e. The molecule has 0 bridgehead atoms. The molecule has 100 valence electrons. The van der Waals surface area contributed by atoms with E-state index in [0.29, 0.717) is 11.8 Å². The molecular weight excluding hydrogens is 218 g/mol. The fraction of sp³-hybridized carbons (Fsp3) is 0.647. The van der Waals surface area contributed by atoms with Crippen molar-refractivity contribution in [2.75, 3.05) is 13.1 Å². The fourth-order valence-electron chi connectivity index (χ4n) is 2.96. The second-order valence-corrected chi connectivity index (χ2v) is 6.22. The Kier molecular flexibility index (Phi) is 4.45. The molecule has 1 nitrogen and oxygen atoms in total. The topological polar surface area (TPSA) is 12.0 Å². The van der Waals surface area contributed by atoms with Crippen LogP contribution in [0.15, 0.2) is 18.2 Å². The molecular formula is C17H27N. The molecule has 0 radical (unpaired) electrons. The van der Waals surface area contributed by atoms with E-state index in [0.717, 1.165) is 5.92 Å². The van der Waals surface area contributed by atoms with E-state index in [9.17, 15) is 0 Å². The Morgan fingerprint density at radius 1 is 1.00 bits per heavy atom. The minimum atomic E-state index is 0.631. The van der Waals surface area contributed by atoms with Crippen LogP contribution in [-0.4, -0.2) is 13.1 Å². The van der Waals surface area contributed by atoms with Gasteiger partial charge in [-0.3, -0.25) is 0 Å². The van der Waals surface area contributed by atoms with Crippen molar-refractivity contribution in [2.24, 2.45) is 0 Å². The van der Waals surface area contributed by atoms with Gasteiger partial charge in [0.2, 0.25) is 0 Å². The van der Waals surface area contributed by atoms with Gasteiger partial charge in [-0.05, 0) is 60.4 Å². The van der Waals surface area contributed by atoms with E-state index >= 15 is 0 Å². The number of nitrogens with one attached hydrogen (secondary N) is 1. The highest BCUT2D eigenvalue weighted by Crippen LogP contribution is 2.34. The molecule has 1 saturated heterocycles. The number of benzene rings is 1. The molecule has 1 aliphatic rings. The van der Waals surface area contributed by atoms with Gasteiger partial charge in [-0.15, -0.1) is 0 Å². The van der Waals surface area contributed by atoms with Gasteiger partial charge in [0.1, 0.15) is 0 Å². The van der Waals surface area contributed by atoms with Crippen LogP contribution in [0.5, 0.6) is 0 Å². The molecule has 18 heavy (non-hydrogen) atoms.